The molecule has 1 aromatic heterocycles. The fraction of sp³-hybridized carbons (Fsp3) is 0.455. The topological polar surface area (TPSA) is 53.4 Å². The number of carboxylic acids is 1. The van der Waals surface area contributed by atoms with Crippen LogP contribution in [0.3, 0.4) is 0 Å². The molecule has 1 aliphatic heterocycles. The first-order valence-electron chi connectivity index (χ1n) is 5.18. The van der Waals surface area contributed by atoms with Crippen molar-refractivity contribution < 1.29 is 9.90 Å². The van der Waals surface area contributed by atoms with E-state index in [4.69, 9.17) is 5.11 Å². The van der Waals surface area contributed by atoms with Gasteiger partial charge in [0.25, 0.3) is 0 Å². The molecule has 4 nitrogen and oxygen atoms in total. The smallest absolute Gasteiger partial charge is 0.327 e. The van der Waals surface area contributed by atoms with E-state index in [-0.39, 0.29) is 0 Å². The quantitative estimate of drug-likeness (QED) is 0.844. The van der Waals surface area contributed by atoms with Crippen molar-refractivity contribution in [3.63, 3.8) is 0 Å². The van der Waals surface area contributed by atoms with Gasteiger partial charge in [-0.2, -0.15) is 11.8 Å². The Hall–Kier alpha value is -1.23. The highest BCUT2D eigenvalue weighted by atomic mass is 32.2. The third-order valence-corrected chi connectivity index (χ3v) is 3.65. The van der Waals surface area contributed by atoms with Crippen LogP contribution in [-0.2, 0) is 4.79 Å². The van der Waals surface area contributed by atoms with Gasteiger partial charge in [0.1, 0.15) is 6.04 Å². The van der Waals surface area contributed by atoms with Crippen molar-refractivity contribution >= 4 is 23.4 Å². The number of aliphatic carboxylic acids is 1. The summed E-state index contributed by atoms with van der Waals surface area (Å²) in [4.78, 5) is 17.2. The third kappa shape index (κ3) is 2.29. The highest BCUT2D eigenvalue weighted by Crippen LogP contribution is 2.24. The van der Waals surface area contributed by atoms with Crippen LogP contribution in [0.5, 0.6) is 0 Å². The number of hydrogen-bond donors (Lipinski definition) is 1. The SMILES string of the molecule is Cc1cc(N2CCSCC2C(=O)O)ccn1. The molecule has 0 amide bonds. The van der Waals surface area contributed by atoms with E-state index in [1.165, 1.54) is 0 Å². The standard InChI is InChI=1S/C11H14N2O2S/c1-8-6-9(2-3-12-8)13-4-5-16-7-10(13)11(14)15/h2-3,6,10H,4-5,7H2,1H3,(H,14,15). The van der Waals surface area contributed by atoms with Gasteiger partial charge >= 0.3 is 5.97 Å². The normalized spacial score (nSPS) is 20.8. The number of aryl methyl sites for hydroxylation is 1. The van der Waals surface area contributed by atoms with Crippen LogP contribution < -0.4 is 4.90 Å². The molecule has 2 heterocycles. The molecule has 5 heteroatoms. The highest BCUT2D eigenvalue weighted by Gasteiger charge is 2.28. The minimum atomic E-state index is -0.748. The summed E-state index contributed by atoms with van der Waals surface area (Å²) in [6.45, 7) is 2.70. The minimum Gasteiger partial charge on any atom is -0.480 e. The Morgan fingerprint density at radius 1 is 1.69 bits per heavy atom. The lowest BCUT2D eigenvalue weighted by molar-refractivity contribution is -0.138. The van der Waals surface area contributed by atoms with Crippen molar-refractivity contribution in [3.8, 4) is 0 Å². The number of hydrogen-bond acceptors (Lipinski definition) is 4. The largest absolute Gasteiger partial charge is 0.480 e. The number of aromatic nitrogens is 1. The van der Waals surface area contributed by atoms with E-state index < -0.39 is 12.0 Å². The number of carboxylic acid groups (broad SMARTS) is 1. The zero-order chi connectivity index (χ0) is 11.5. The molecule has 0 spiro atoms. The summed E-state index contributed by atoms with van der Waals surface area (Å²) in [5.74, 6) is 0.878. The summed E-state index contributed by atoms with van der Waals surface area (Å²) in [6.07, 6.45) is 1.73. The maximum absolute atomic E-state index is 11.2. The van der Waals surface area contributed by atoms with Gasteiger partial charge in [0, 0.05) is 35.6 Å². The van der Waals surface area contributed by atoms with Crippen molar-refractivity contribution in [3.05, 3.63) is 24.0 Å². The predicted molar refractivity (Wildman–Crippen MR) is 65.1 cm³/mol. The van der Waals surface area contributed by atoms with E-state index >= 15 is 0 Å². The molecule has 1 N–H and O–H groups in total. The average molecular weight is 238 g/mol. The van der Waals surface area contributed by atoms with Gasteiger partial charge in [0.2, 0.25) is 0 Å². The van der Waals surface area contributed by atoms with Gasteiger partial charge in [-0.15, -0.1) is 0 Å². The Labute approximate surface area is 98.7 Å². The van der Waals surface area contributed by atoms with Gasteiger partial charge in [-0.3, -0.25) is 4.98 Å². The molecule has 1 atom stereocenters. The van der Waals surface area contributed by atoms with Crippen LogP contribution in [0.25, 0.3) is 0 Å². The number of thioether (sulfide) groups is 1. The molecule has 1 unspecified atom stereocenters. The molecule has 0 aliphatic carbocycles. The lowest BCUT2D eigenvalue weighted by Crippen LogP contribution is -2.47. The van der Waals surface area contributed by atoms with Crippen LogP contribution in [-0.4, -0.2) is 40.2 Å². The number of anilines is 1. The zero-order valence-electron chi connectivity index (χ0n) is 9.09. The number of carbonyl (C=O) groups is 1. The van der Waals surface area contributed by atoms with Gasteiger partial charge in [0.15, 0.2) is 0 Å². The second-order valence-corrected chi connectivity index (χ2v) is 4.93. The summed E-state index contributed by atoms with van der Waals surface area (Å²) < 4.78 is 0. The van der Waals surface area contributed by atoms with Crippen LogP contribution >= 0.6 is 11.8 Å². The van der Waals surface area contributed by atoms with Crippen LogP contribution in [0.15, 0.2) is 18.3 Å². The molecule has 2 rings (SSSR count). The van der Waals surface area contributed by atoms with Gasteiger partial charge in [-0.1, -0.05) is 0 Å². The van der Waals surface area contributed by atoms with E-state index in [1.54, 1.807) is 18.0 Å². The summed E-state index contributed by atoms with van der Waals surface area (Å²) in [7, 11) is 0. The first-order chi connectivity index (χ1) is 7.68. The fourth-order valence-electron chi connectivity index (χ4n) is 1.83. The average Bonchev–Trinajstić information content (AvgIpc) is 2.29. The predicted octanol–water partition coefficient (Wildman–Crippen LogP) is 1.40. The van der Waals surface area contributed by atoms with Gasteiger partial charge < -0.3 is 10.0 Å². The molecule has 1 saturated heterocycles. The first-order valence-corrected chi connectivity index (χ1v) is 6.34. The molecule has 0 saturated carbocycles. The van der Waals surface area contributed by atoms with Crippen LogP contribution in [0.1, 0.15) is 5.69 Å². The third-order valence-electron chi connectivity index (χ3n) is 2.63. The molecule has 86 valence electrons. The summed E-state index contributed by atoms with van der Waals surface area (Å²) in [5.41, 5.74) is 1.88. The van der Waals surface area contributed by atoms with Gasteiger partial charge in [-0.05, 0) is 19.1 Å². The molecule has 16 heavy (non-hydrogen) atoms. The fourth-order valence-corrected chi connectivity index (χ4v) is 2.86. The van der Waals surface area contributed by atoms with Crippen molar-refractivity contribution in [2.24, 2.45) is 0 Å². The van der Waals surface area contributed by atoms with E-state index in [1.807, 2.05) is 24.0 Å². The molecule has 0 bridgehead atoms. The summed E-state index contributed by atoms with van der Waals surface area (Å²) in [6, 6.07) is 3.39. The monoisotopic (exact) mass is 238 g/mol. The van der Waals surface area contributed by atoms with E-state index in [0.29, 0.717) is 5.75 Å². The lowest BCUT2D eigenvalue weighted by Gasteiger charge is -2.34. The first kappa shape index (κ1) is 11.3. The maximum Gasteiger partial charge on any atom is 0.327 e. The minimum absolute atomic E-state index is 0.416. The Morgan fingerprint density at radius 2 is 2.50 bits per heavy atom. The number of rotatable bonds is 2. The van der Waals surface area contributed by atoms with Crippen LogP contribution in [0.2, 0.25) is 0 Å². The molecule has 0 aromatic carbocycles. The zero-order valence-corrected chi connectivity index (χ0v) is 9.91. The molecule has 1 aliphatic rings. The van der Waals surface area contributed by atoms with Gasteiger partial charge in [-0.25, -0.2) is 4.79 Å². The number of pyridine rings is 1. The Morgan fingerprint density at radius 3 is 3.19 bits per heavy atom. The van der Waals surface area contributed by atoms with Gasteiger partial charge in [0.05, 0.1) is 0 Å². The summed E-state index contributed by atoms with van der Waals surface area (Å²) in [5, 5.41) is 9.17. The second-order valence-electron chi connectivity index (χ2n) is 3.78. The Bertz CT molecular complexity index is 397. The lowest BCUT2D eigenvalue weighted by atomic mass is 10.2. The van der Waals surface area contributed by atoms with E-state index in [0.717, 1.165) is 23.7 Å². The maximum atomic E-state index is 11.2. The number of nitrogens with zero attached hydrogens (tertiary/aromatic N) is 2. The van der Waals surface area contributed by atoms with Crippen molar-refractivity contribution in [2.45, 2.75) is 13.0 Å². The second kappa shape index (κ2) is 4.74. The van der Waals surface area contributed by atoms with Crippen molar-refractivity contribution in [1.82, 2.24) is 4.98 Å². The molecule has 1 aromatic rings. The van der Waals surface area contributed by atoms with Crippen molar-refractivity contribution in [2.75, 3.05) is 23.0 Å². The molecule has 0 radical (unpaired) electrons. The van der Waals surface area contributed by atoms with Crippen molar-refractivity contribution in [1.29, 1.82) is 0 Å². The van der Waals surface area contributed by atoms with Crippen LogP contribution in [0, 0.1) is 6.92 Å². The van der Waals surface area contributed by atoms with E-state index in [2.05, 4.69) is 4.98 Å². The Balaban J connectivity index is 2.26. The molecular formula is C11H14N2O2S. The van der Waals surface area contributed by atoms with Crippen LogP contribution in [0.4, 0.5) is 5.69 Å². The Kier molecular flexibility index (Phi) is 3.33. The molecular weight excluding hydrogens is 224 g/mol. The highest BCUT2D eigenvalue weighted by molar-refractivity contribution is 7.99. The van der Waals surface area contributed by atoms with E-state index in [9.17, 15) is 4.79 Å². The summed E-state index contributed by atoms with van der Waals surface area (Å²) >= 11 is 1.70. The molecule has 1 fully saturated rings.